The Kier molecular flexibility index (Phi) is 3.28. The van der Waals surface area contributed by atoms with Crippen molar-refractivity contribution in [2.45, 2.75) is 19.4 Å². The first-order chi connectivity index (χ1) is 8.13. The topological polar surface area (TPSA) is 79.5 Å². The summed E-state index contributed by atoms with van der Waals surface area (Å²) in [6.07, 6.45) is 2.62. The molecular formula is C12H17N3O2. The number of hydrogen-bond donors (Lipinski definition) is 2. The van der Waals surface area contributed by atoms with E-state index in [0.29, 0.717) is 5.92 Å². The molecule has 1 amide bonds. The van der Waals surface area contributed by atoms with E-state index in [2.05, 4.69) is 16.8 Å². The number of hydrogen-bond acceptors (Lipinski definition) is 4. The summed E-state index contributed by atoms with van der Waals surface area (Å²) in [6.45, 7) is 3.13. The SMILES string of the molecule is CC1CCN(c2ccnc(C(N)=O)c2)C1CO. The van der Waals surface area contributed by atoms with Gasteiger partial charge in [0.2, 0.25) is 0 Å². The lowest BCUT2D eigenvalue weighted by molar-refractivity contribution is 0.0995. The van der Waals surface area contributed by atoms with Gasteiger partial charge in [-0.25, -0.2) is 0 Å². The molecule has 0 bridgehead atoms. The lowest BCUT2D eigenvalue weighted by Gasteiger charge is -2.27. The zero-order chi connectivity index (χ0) is 12.4. The van der Waals surface area contributed by atoms with Crippen LogP contribution in [0.5, 0.6) is 0 Å². The first-order valence-corrected chi connectivity index (χ1v) is 5.77. The number of primary amides is 1. The number of nitrogens with two attached hydrogens (primary N) is 1. The number of aromatic nitrogens is 1. The Labute approximate surface area is 100 Å². The zero-order valence-electron chi connectivity index (χ0n) is 9.84. The van der Waals surface area contributed by atoms with Crippen LogP contribution in [-0.4, -0.2) is 35.2 Å². The lowest BCUT2D eigenvalue weighted by Crippen LogP contribution is -2.35. The predicted octanol–water partition coefficient (Wildman–Crippen LogP) is 0.388. The van der Waals surface area contributed by atoms with Crippen LogP contribution in [0.25, 0.3) is 0 Å². The van der Waals surface area contributed by atoms with Crippen LogP contribution in [0.15, 0.2) is 18.3 Å². The van der Waals surface area contributed by atoms with Gasteiger partial charge >= 0.3 is 0 Å². The van der Waals surface area contributed by atoms with Crippen molar-refractivity contribution in [3.63, 3.8) is 0 Å². The van der Waals surface area contributed by atoms with E-state index in [0.717, 1.165) is 18.7 Å². The molecule has 2 atom stereocenters. The molecule has 1 aromatic rings. The number of carbonyl (C=O) groups excluding carboxylic acids is 1. The second kappa shape index (κ2) is 4.71. The van der Waals surface area contributed by atoms with E-state index >= 15 is 0 Å². The lowest BCUT2D eigenvalue weighted by atomic mass is 10.0. The third-order valence-electron chi connectivity index (χ3n) is 3.40. The van der Waals surface area contributed by atoms with E-state index < -0.39 is 5.91 Å². The number of nitrogens with zero attached hydrogens (tertiary/aromatic N) is 2. The molecule has 1 saturated heterocycles. The van der Waals surface area contributed by atoms with Gasteiger partial charge in [0.05, 0.1) is 12.6 Å². The van der Waals surface area contributed by atoms with E-state index in [1.54, 1.807) is 12.3 Å². The third-order valence-corrected chi connectivity index (χ3v) is 3.40. The number of amides is 1. The first kappa shape index (κ1) is 11.9. The Bertz CT molecular complexity index is 422. The van der Waals surface area contributed by atoms with Crippen LogP contribution in [-0.2, 0) is 0 Å². The number of aliphatic hydroxyl groups excluding tert-OH is 1. The molecule has 3 N–H and O–H groups in total. The maximum atomic E-state index is 11.1. The molecule has 1 fully saturated rings. The van der Waals surface area contributed by atoms with Gasteiger partial charge in [-0.1, -0.05) is 6.92 Å². The van der Waals surface area contributed by atoms with Crippen molar-refractivity contribution < 1.29 is 9.90 Å². The summed E-state index contributed by atoms with van der Waals surface area (Å²) in [5.74, 6) is -0.0789. The number of rotatable bonds is 3. The van der Waals surface area contributed by atoms with E-state index in [1.165, 1.54) is 0 Å². The Morgan fingerprint density at radius 1 is 1.71 bits per heavy atom. The molecule has 2 heterocycles. The smallest absolute Gasteiger partial charge is 0.267 e. The Hall–Kier alpha value is -1.62. The highest BCUT2D eigenvalue weighted by atomic mass is 16.3. The molecule has 0 aliphatic carbocycles. The summed E-state index contributed by atoms with van der Waals surface area (Å²) in [6, 6.07) is 3.63. The molecule has 17 heavy (non-hydrogen) atoms. The van der Waals surface area contributed by atoms with Crippen LogP contribution in [0.1, 0.15) is 23.8 Å². The number of anilines is 1. The Balaban J connectivity index is 2.28. The average Bonchev–Trinajstić information content (AvgIpc) is 2.70. The van der Waals surface area contributed by atoms with Crippen molar-refractivity contribution in [2.24, 2.45) is 11.7 Å². The second-order valence-corrected chi connectivity index (χ2v) is 4.47. The van der Waals surface area contributed by atoms with E-state index in [9.17, 15) is 9.90 Å². The largest absolute Gasteiger partial charge is 0.394 e. The fourth-order valence-corrected chi connectivity index (χ4v) is 2.34. The van der Waals surface area contributed by atoms with Crippen LogP contribution in [0.3, 0.4) is 0 Å². The molecule has 0 saturated carbocycles. The van der Waals surface area contributed by atoms with Gasteiger partial charge in [-0.15, -0.1) is 0 Å². The second-order valence-electron chi connectivity index (χ2n) is 4.47. The summed E-state index contributed by atoms with van der Waals surface area (Å²) < 4.78 is 0. The van der Waals surface area contributed by atoms with Gasteiger partial charge in [0.15, 0.2) is 0 Å². The van der Waals surface area contributed by atoms with Gasteiger partial charge in [0.25, 0.3) is 5.91 Å². The molecule has 1 aliphatic rings. The van der Waals surface area contributed by atoms with Crippen LogP contribution < -0.4 is 10.6 Å². The minimum Gasteiger partial charge on any atom is -0.394 e. The molecule has 5 heteroatoms. The standard InChI is InChI=1S/C12H17N3O2/c1-8-3-5-15(11(8)7-16)9-2-4-14-10(6-9)12(13)17/h2,4,6,8,11,16H,3,5,7H2,1H3,(H2,13,17). The number of pyridine rings is 1. The molecule has 1 aromatic heterocycles. The maximum absolute atomic E-state index is 11.1. The zero-order valence-corrected chi connectivity index (χ0v) is 9.84. The molecule has 2 rings (SSSR count). The van der Waals surface area contributed by atoms with Crippen molar-refractivity contribution in [1.29, 1.82) is 0 Å². The van der Waals surface area contributed by atoms with Gasteiger partial charge in [-0.2, -0.15) is 0 Å². The molecule has 1 aliphatic heterocycles. The normalized spacial score (nSPS) is 24.0. The van der Waals surface area contributed by atoms with Crippen molar-refractivity contribution in [2.75, 3.05) is 18.1 Å². The van der Waals surface area contributed by atoms with Crippen LogP contribution in [0.2, 0.25) is 0 Å². The van der Waals surface area contributed by atoms with E-state index in [-0.39, 0.29) is 18.3 Å². The molecule has 0 aromatic carbocycles. The molecule has 2 unspecified atom stereocenters. The summed E-state index contributed by atoms with van der Waals surface area (Å²) in [4.78, 5) is 17.1. The minimum atomic E-state index is -0.528. The van der Waals surface area contributed by atoms with Crippen molar-refractivity contribution in [3.05, 3.63) is 24.0 Å². The van der Waals surface area contributed by atoms with Gasteiger partial charge in [0.1, 0.15) is 5.69 Å². The summed E-state index contributed by atoms with van der Waals surface area (Å²) in [7, 11) is 0. The van der Waals surface area contributed by atoms with Crippen LogP contribution >= 0.6 is 0 Å². The molecular weight excluding hydrogens is 218 g/mol. The van der Waals surface area contributed by atoms with E-state index in [1.807, 2.05) is 6.07 Å². The highest BCUT2D eigenvalue weighted by molar-refractivity contribution is 5.91. The quantitative estimate of drug-likeness (QED) is 0.794. The summed E-state index contributed by atoms with van der Waals surface area (Å²) in [5.41, 5.74) is 6.37. The Morgan fingerprint density at radius 3 is 3.12 bits per heavy atom. The summed E-state index contributed by atoms with van der Waals surface area (Å²) in [5, 5.41) is 9.40. The van der Waals surface area contributed by atoms with Crippen LogP contribution in [0, 0.1) is 5.92 Å². The van der Waals surface area contributed by atoms with E-state index in [4.69, 9.17) is 5.73 Å². The van der Waals surface area contributed by atoms with Gasteiger partial charge < -0.3 is 15.7 Å². The molecule has 0 radical (unpaired) electrons. The molecule has 0 spiro atoms. The predicted molar refractivity (Wildman–Crippen MR) is 64.8 cm³/mol. The molecule has 5 nitrogen and oxygen atoms in total. The van der Waals surface area contributed by atoms with Crippen molar-refractivity contribution in [3.8, 4) is 0 Å². The van der Waals surface area contributed by atoms with Crippen LogP contribution in [0.4, 0.5) is 5.69 Å². The number of aliphatic hydroxyl groups is 1. The third kappa shape index (κ3) is 2.24. The fourth-order valence-electron chi connectivity index (χ4n) is 2.34. The van der Waals surface area contributed by atoms with Gasteiger partial charge in [-0.3, -0.25) is 9.78 Å². The van der Waals surface area contributed by atoms with Gasteiger partial charge in [0, 0.05) is 18.4 Å². The highest BCUT2D eigenvalue weighted by Crippen LogP contribution is 2.29. The average molecular weight is 235 g/mol. The van der Waals surface area contributed by atoms with Gasteiger partial charge in [-0.05, 0) is 24.5 Å². The Morgan fingerprint density at radius 2 is 2.47 bits per heavy atom. The maximum Gasteiger partial charge on any atom is 0.267 e. The fraction of sp³-hybridized carbons (Fsp3) is 0.500. The summed E-state index contributed by atoms with van der Waals surface area (Å²) >= 11 is 0. The first-order valence-electron chi connectivity index (χ1n) is 5.77. The number of carbonyl (C=O) groups is 1. The van der Waals surface area contributed by atoms with Crippen molar-refractivity contribution >= 4 is 11.6 Å². The highest BCUT2D eigenvalue weighted by Gasteiger charge is 2.30. The van der Waals surface area contributed by atoms with Crippen molar-refractivity contribution in [1.82, 2.24) is 4.98 Å². The minimum absolute atomic E-state index is 0.109. The molecule has 92 valence electrons. The monoisotopic (exact) mass is 235 g/mol.